The smallest absolute Gasteiger partial charge is 0.254 e. The van der Waals surface area contributed by atoms with E-state index in [-0.39, 0.29) is 17.9 Å². The summed E-state index contributed by atoms with van der Waals surface area (Å²) in [6, 6.07) is 15.9. The van der Waals surface area contributed by atoms with Gasteiger partial charge < -0.3 is 15.0 Å². The van der Waals surface area contributed by atoms with Crippen LogP contribution in [0.25, 0.3) is 0 Å². The lowest BCUT2D eigenvalue weighted by Crippen LogP contribution is -2.43. The van der Waals surface area contributed by atoms with Crippen LogP contribution in [0.1, 0.15) is 32.8 Å². The molecule has 2 aromatic carbocycles. The van der Waals surface area contributed by atoms with Crippen molar-refractivity contribution in [1.82, 2.24) is 4.90 Å². The van der Waals surface area contributed by atoms with Crippen LogP contribution in [-0.4, -0.2) is 30.9 Å². The number of methoxy groups -OCH3 is 1. The molecule has 1 aliphatic rings. The fraction of sp³-hybridized carbons (Fsp3) is 0.182. The first-order chi connectivity index (χ1) is 14.0. The second-order valence-electron chi connectivity index (χ2n) is 6.78. The number of hydrogen-bond acceptors (Lipinski definition) is 4. The predicted octanol–water partition coefficient (Wildman–Crippen LogP) is 4.96. The van der Waals surface area contributed by atoms with Crippen molar-refractivity contribution in [3.05, 3.63) is 81.0 Å². The summed E-state index contributed by atoms with van der Waals surface area (Å²) in [5.41, 5.74) is 1.85. The van der Waals surface area contributed by atoms with E-state index in [9.17, 15) is 9.59 Å². The van der Waals surface area contributed by atoms with E-state index in [2.05, 4.69) is 5.32 Å². The first-order valence-electron chi connectivity index (χ1n) is 9.05. The van der Waals surface area contributed by atoms with Crippen molar-refractivity contribution in [2.45, 2.75) is 12.0 Å². The van der Waals surface area contributed by atoms with Gasteiger partial charge in [0.15, 0.2) is 0 Å². The number of amides is 2. The molecule has 7 heteroatoms. The number of nitrogens with zero attached hydrogens (tertiary/aromatic N) is 1. The van der Waals surface area contributed by atoms with E-state index in [1.54, 1.807) is 36.2 Å². The van der Waals surface area contributed by atoms with E-state index < -0.39 is 5.92 Å². The minimum absolute atomic E-state index is 0.0875. The van der Waals surface area contributed by atoms with Crippen molar-refractivity contribution in [2.24, 2.45) is 0 Å². The maximum absolute atomic E-state index is 13.4. The normalized spacial score (nSPS) is 18.3. The van der Waals surface area contributed by atoms with Gasteiger partial charge in [0.25, 0.3) is 5.91 Å². The Morgan fingerprint density at radius 3 is 2.66 bits per heavy atom. The molecule has 3 aromatic rings. The number of halogens is 1. The number of carbonyl (C=O) groups is 2. The van der Waals surface area contributed by atoms with Crippen molar-refractivity contribution in [1.29, 1.82) is 0 Å². The molecule has 2 atom stereocenters. The van der Waals surface area contributed by atoms with Gasteiger partial charge in [0.2, 0.25) is 5.91 Å². The Bertz CT molecular complexity index is 1070. The third kappa shape index (κ3) is 3.50. The Morgan fingerprint density at radius 1 is 1.17 bits per heavy atom. The van der Waals surface area contributed by atoms with Crippen LogP contribution in [0.4, 0.5) is 5.69 Å². The summed E-state index contributed by atoms with van der Waals surface area (Å²) in [5, 5.41) is 5.32. The van der Waals surface area contributed by atoms with Crippen molar-refractivity contribution < 1.29 is 14.3 Å². The van der Waals surface area contributed by atoms with E-state index in [1.165, 1.54) is 18.4 Å². The van der Waals surface area contributed by atoms with Gasteiger partial charge in [0.05, 0.1) is 24.1 Å². The Labute approximate surface area is 177 Å². The average Bonchev–Trinajstić information content (AvgIpc) is 3.25. The maximum atomic E-state index is 13.4. The fourth-order valence-corrected chi connectivity index (χ4v) is 4.90. The van der Waals surface area contributed by atoms with Crippen molar-refractivity contribution in [3.63, 3.8) is 0 Å². The average molecular weight is 427 g/mol. The molecule has 0 spiro atoms. The lowest BCUT2D eigenvalue weighted by Gasteiger charge is -2.39. The SMILES string of the molecule is COc1ccc(NC(=O)C2c3ccccc3C(=O)N(C)C2c2cccs2)cc1Cl. The Balaban J connectivity index is 1.75. The lowest BCUT2D eigenvalue weighted by atomic mass is 9.81. The summed E-state index contributed by atoms with van der Waals surface area (Å²) in [5.74, 6) is -0.296. The second kappa shape index (κ2) is 7.89. The molecule has 2 amide bonds. The summed E-state index contributed by atoms with van der Waals surface area (Å²) >= 11 is 7.74. The minimum Gasteiger partial charge on any atom is -0.495 e. The van der Waals surface area contributed by atoms with E-state index in [0.29, 0.717) is 22.0 Å². The van der Waals surface area contributed by atoms with Gasteiger partial charge in [-0.2, -0.15) is 0 Å². The first-order valence-corrected chi connectivity index (χ1v) is 10.3. The molecule has 29 heavy (non-hydrogen) atoms. The zero-order chi connectivity index (χ0) is 20.5. The number of nitrogens with one attached hydrogen (secondary N) is 1. The van der Waals surface area contributed by atoms with Crippen LogP contribution in [0.2, 0.25) is 5.02 Å². The van der Waals surface area contributed by atoms with E-state index in [0.717, 1.165) is 10.4 Å². The van der Waals surface area contributed by atoms with Crippen LogP contribution in [0.3, 0.4) is 0 Å². The first kappa shape index (κ1) is 19.5. The molecule has 1 aromatic heterocycles. The monoisotopic (exact) mass is 426 g/mol. The largest absolute Gasteiger partial charge is 0.495 e. The molecule has 148 valence electrons. The van der Waals surface area contributed by atoms with E-state index >= 15 is 0 Å². The Morgan fingerprint density at radius 2 is 1.97 bits per heavy atom. The molecule has 1 aliphatic heterocycles. The third-order valence-electron chi connectivity index (χ3n) is 5.12. The maximum Gasteiger partial charge on any atom is 0.254 e. The van der Waals surface area contributed by atoms with Crippen molar-refractivity contribution in [3.8, 4) is 5.75 Å². The van der Waals surface area contributed by atoms with Crippen LogP contribution < -0.4 is 10.1 Å². The summed E-state index contributed by atoms with van der Waals surface area (Å²) in [6.07, 6.45) is 0. The number of carbonyl (C=O) groups excluding carboxylic acids is 2. The van der Waals surface area contributed by atoms with Crippen LogP contribution in [-0.2, 0) is 4.79 Å². The Hall–Kier alpha value is -2.83. The van der Waals surface area contributed by atoms with Gasteiger partial charge >= 0.3 is 0 Å². The minimum atomic E-state index is -0.548. The van der Waals surface area contributed by atoms with Crippen LogP contribution >= 0.6 is 22.9 Å². The third-order valence-corrected chi connectivity index (χ3v) is 6.35. The Kier molecular flexibility index (Phi) is 5.30. The molecule has 2 heterocycles. The highest BCUT2D eigenvalue weighted by atomic mass is 35.5. The number of fused-ring (bicyclic) bond motifs is 1. The van der Waals surface area contributed by atoms with Gasteiger partial charge in [0.1, 0.15) is 5.75 Å². The quantitative estimate of drug-likeness (QED) is 0.641. The topological polar surface area (TPSA) is 58.6 Å². The molecule has 4 rings (SSSR count). The zero-order valence-corrected chi connectivity index (χ0v) is 17.5. The lowest BCUT2D eigenvalue weighted by molar-refractivity contribution is -0.119. The molecular formula is C22H19ClN2O3S. The van der Waals surface area contributed by atoms with Gasteiger partial charge in [-0.1, -0.05) is 35.9 Å². The van der Waals surface area contributed by atoms with Crippen LogP contribution in [0, 0.1) is 0 Å². The molecule has 0 saturated heterocycles. The summed E-state index contributed by atoms with van der Waals surface area (Å²) in [6.45, 7) is 0. The molecule has 0 fully saturated rings. The summed E-state index contributed by atoms with van der Waals surface area (Å²) in [7, 11) is 3.28. The number of thiophene rings is 1. The molecule has 0 aliphatic carbocycles. The highest BCUT2D eigenvalue weighted by Gasteiger charge is 2.43. The van der Waals surface area contributed by atoms with E-state index in [1.807, 2.05) is 35.7 Å². The van der Waals surface area contributed by atoms with Gasteiger partial charge in [-0.25, -0.2) is 0 Å². The summed E-state index contributed by atoms with van der Waals surface area (Å²) in [4.78, 5) is 29.0. The molecule has 0 bridgehead atoms. The molecule has 5 nitrogen and oxygen atoms in total. The van der Waals surface area contributed by atoms with Crippen molar-refractivity contribution in [2.75, 3.05) is 19.5 Å². The number of rotatable bonds is 4. The molecule has 0 radical (unpaired) electrons. The number of anilines is 1. The van der Waals surface area contributed by atoms with E-state index in [4.69, 9.17) is 16.3 Å². The molecule has 0 saturated carbocycles. The van der Waals surface area contributed by atoms with Crippen molar-refractivity contribution >= 4 is 40.4 Å². The highest BCUT2D eigenvalue weighted by molar-refractivity contribution is 7.10. The highest BCUT2D eigenvalue weighted by Crippen LogP contribution is 2.44. The standard InChI is InChI=1S/C22H19ClN2O3S/c1-25-20(18-8-5-11-29-18)19(14-6-3-4-7-15(14)22(25)27)21(26)24-13-9-10-17(28-2)16(23)12-13/h3-12,19-20H,1-2H3,(H,24,26). The number of ether oxygens (including phenoxy) is 1. The van der Waals surface area contributed by atoms with Crippen LogP contribution in [0.5, 0.6) is 5.75 Å². The molecule has 2 unspecified atom stereocenters. The van der Waals surface area contributed by atoms with Crippen LogP contribution in [0.15, 0.2) is 60.0 Å². The molecular weight excluding hydrogens is 408 g/mol. The number of likely N-dealkylation sites (N-methyl/N-ethyl adjacent to an activating group) is 1. The number of hydrogen-bond donors (Lipinski definition) is 1. The van der Waals surface area contributed by atoms with Gasteiger partial charge in [-0.15, -0.1) is 11.3 Å². The zero-order valence-electron chi connectivity index (χ0n) is 15.9. The predicted molar refractivity (Wildman–Crippen MR) is 115 cm³/mol. The fourth-order valence-electron chi connectivity index (χ4n) is 3.74. The number of benzene rings is 2. The second-order valence-corrected chi connectivity index (χ2v) is 8.17. The van der Waals surface area contributed by atoms with Gasteiger partial charge in [-0.3, -0.25) is 9.59 Å². The summed E-state index contributed by atoms with van der Waals surface area (Å²) < 4.78 is 5.17. The van der Waals surface area contributed by atoms with Gasteiger partial charge in [0, 0.05) is 23.2 Å². The van der Waals surface area contributed by atoms with Gasteiger partial charge in [-0.05, 0) is 41.3 Å². The molecule has 1 N–H and O–H groups in total.